The summed E-state index contributed by atoms with van der Waals surface area (Å²) in [7, 11) is 0. The number of nitrogens with two attached hydrogens (primary N) is 2. The second-order valence-corrected chi connectivity index (χ2v) is 11.4. The number of nitrogens with zero attached hydrogens (tertiary/aromatic N) is 2. The van der Waals surface area contributed by atoms with Crippen molar-refractivity contribution in [2.75, 3.05) is 19.6 Å². The molecule has 4 unspecified atom stereocenters. The van der Waals surface area contributed by atoms with E-state index in [1.54, 1.807) is 27.7 Å². The number of nitrogens with one attached hydrogen (secondary N) is 1. The topological polar surface area (TPSA) is 138 Å². The molecular weight excluding hydrogens is 474 g/mol. The number of esters is 1. The highest BCUT2D eigenvalue weighted by Gasteiger charge is 2.48. The number of hydrogen-bond donors (Lipinski definition) is 4. The lowest BCUT2D eigenvalue weighted by molar-refractivity contribution is -0.780. The first-order valence-corrected chi connectivity index (χ1v) is 13.1. The fraction of sp³-hybridized carbons (Fsp3) is 0.630. The van der Waals surface area contributed by atoms with E-state index in [9.17, 15) is 9.90 Å². The zero-order valence-corrected chi connectivity index (χ0v) is 22.4. The van der Waals surface area contributed by atoms with Crippen LogP contribution in [0.3, 0.4) is 0 Å². The molecule has 1 saturated heterocycles. The highest BCUT2D eigenvalue weighted by Crippen LogP contribution is 2.36. The molecule has 0 spiro atoms. The van der Waals surface area contributed by atoms with Crippen LogP contribution >= 0.6 is 0 Å². The average molecular weight is 517 g/mol. The van der Waals surface area contributed by atoms with Crippen LogP contribution in [0.25, 0.3) is 11.1 Å². The molecule has 2 aromatic rings. The molecule has 0 amide bonds. The van der Waals surface area contributed by atoms with Gasteiger partial charge in [0.1, 0.15) is 23.6 Å². The minimum absolute atomic E-state index is 0.213. The molecular formula is C27H42N5O5+. The molecule has 4 rings (SSSR count). The third-order valence-electron chi connectivity index (χ3n) is 7.19. The Bertz CT molecular complexity index is 1090. The van der Waals surface area contributed by atoms with Crippen LogP contribution in [0, 0.1) is 5.92 Å². The number of aryl methyl sites for hydroxylation is 1. The molecule has 4 atom stereocenters. The number of rotatable bonds is 9. The van der Waals surface area contributed by atoms with E-state index in [4.69, 9.17) is 25.9 Å². The van der Waals surface area contributed by atoms with E-state index < -0.39 is 29.4 Å². The molecule has 10 nitrogen and oxygen atoms in total. The van der Waals surface area contributed by atoms with Gasteiger partial charge in [-0.3, -0.25) is 4.84 Å². The van der Waals surface area contributed by atoms with Gasteiger partial charge < -0.3 is 25.6 Å². The second kappa shape index (κ2) is 11.1. The van der Waals surface area contributed by atoms with Crippen LogP contribution < -0.4 is 26.4 Å². The normalized spacial score (nSPS) is 22.1. The molecule has 6 N–H and O–H groups in total. The van der Waals surface area contributed by atoms with Gasteiger partial charge in [0.25, 0.3) is 0 Å². The fourth-order valence-corrected chi connectivity index (χ4v) is 4.98. The Labute approximate surface area is 218 Å². The van der Waals surface area contributed by atoms with E-state index in [1.165, 1.54) is 0 Å². The molecule has 0 bridgehead atoms. The molecule has 1 aromatic heterocycles. The van der Waals surface area contributed by atoms with Gasteiger partial charge in [0.2, 0.25) is 11.8 Å². The van der Waals surface area contributed by atoms with Crippen molar-refractivity contribution in [3.8, 4) is 16.9 Å². The maximum Gasteiger partial charge on any atom is 0.344 e. The molecule has 10 heteroatoms. The molecule has 37 heavy (non-hydrogen) atoms. The van der Waals surface area contributed by atoms with Crippen LogP contribution in [-0.2, 0) is 33.9 Å². The number of aliphatic hydroxyl groups is 1. The van der Waals surface area contributed by atoms with Gasteiger partial charge >= 0.3 is 5.97 Å². The predicted octanol–water partition coefficient (Wildman–Crippen LogP) is 1.06. The fourth-order valence-electron chi connectivity index (χ4n) is 4.98. The molecule has 0 saturated carbocycles. The van der Waals surface area contributed by atoms with Crippen LogP contribution in [0.1, 0.15) is 46.1 Å². The van der Waals surface area contributed by atoms with Gasteiger partial charge in [0.05, 0.1) is 18.3 Å². The Morgan fingerprint density at radius 2 is 2.08 bits per heavy atom. The quantitative estimate of drug-likeness (QED) is 0.221. The molecule has 2 aliphatic heterocycles. The first kappa shape index (κ1) is 27.5. The van der Waals surface area contributed by atoms with E-state index in [2.05, 4.69) is 33.1 Å². The molecule has 0 radical (unpaired) electrons. The zero-order valence-electron chi connectivity index (χ0n) is 22.4. The maximum atomic E-state index is 12.9. The van der Waals surface area contributed by atoms with Gasteiger partial charge in [-0.25, -0.2) is 10.7 Å². The van der Waals surface area contributed by atoms with Crippen molar-refractivity contribution >= 4 is 5.97 Å². The van der Waals surface area contributed by atoms with E-state index in [0.29, 0.717) is 31.1 Å². The summed E-state index contributed by atoms with van der Waals surface area (Å²) in [6.07, 6.45) is 5.42. The number of carbonyl (C=O) groups is 1. The Morgan fingerprint density at radius 3 is 2.73 bits per heavy atom. The highest BCUT2D eigenvalue weighted by atomic mass is 16.7. The lowest BCUT2D eigenvalue weighted by Gasteiger charge is -2.38. The van der Waals surface area contributed by atoms with Gasteiger partial charge in [0, 0.05) is 6.54 Å². The van der Waals surface area contributed by atoms with Crippen LogP contribution in [0.4, 0.5) is 0 Å². The second-order valence-electron chi connectivity index (χ2n) is 11.4. The summed E-state index contributed by atoms with van der Waals surface area (Å²) in [5.41, 5.74) is 6.77. The summed E-state index contributed by atoms with van der Waals surface area (Å²) in [5.74, 6) is 6.29. The monoisotopic (exact) mass is 516 g/mol. The van der Waals surface area contributed by atoms with Crippen molar-refractivity contribution in [1.82, 2.24) is 10.00 Å². The summed E-state index contributed by atoms with van der Waals surface area (Å²) >= 11 is 0. The number of aliphatic hydroxyl groups excluding tert-OH is 1. The van der Waals surface area contributed by atoms with Gasteiger partial charge in [-0.1, -0.05) is 6.07 Å². The number of carbonyl (C=O) groups excluding carboxylic acids is 1. The van der Waals surface area contributed by atoms with Crippen molar-refractivity contribution in [2.45, 2.75) is 83.5 Å². The maximum absolute atomic E-state index is 12.9. The third kappa shape index (κ3) is 6.32. The number of hydrogen-bond acceptors (Lipinski definition) is 8. The van der Waals surface area contributed by atoms with Crippen molar-refractivity contribution in [3.05, 3.63) is 36.2 Å². The SMILES string of the molecule is CC(C)(C)OC(=O)C(C)(ON)C1CCc2cc(-c3cn(CC4CCNC4)[n+](CC(O)CN)c3)ccc2O1. The predicted molar refractivity (Wildman–Crippen MR) is 138 cm³/mol. The van der Waals surface area contributed by atoms with E-state index in [1.807, 2.05) is 12.1 Å². The summed E-state index contributed by atoms with van der Waals surface area (Å²) in [5, 5.41) is 13.6. The highest BCUT2D eigenvalue weighted by molar-refractivity contribution is 5.80. The molecule has 2 aliphatic rings. The Morgan fingerprint density at radius 1 is 1.30 bits per heavy atom. The zero-order chi connectivity index (χ0) is 26.8. The van der Waals surface area contributed by atoms with Crippen molar-refractivity contribution in [2.24, 2.45) is 17.5 Å². The van der Waals surface area contributed by atoms with Crippen LogP contribution in [0.15, 0.2) is 30.6 Å². The average Bonchev–Trinajstić information content (AvgIpc) is 3.52. The minimum atomic E-state index is -1.43. The van der Waals surface area contributed by atoms with Gasteiger partial charge in [-0.2, -0.15) is 4.68 Å². The van der Waals surface area contributed by atoms with Gasteiger partial charge in [-0.05, 0) is 89.2 Å². The number of ether oxygens (including phenoxy) is 2. The van der Waals surface area contributed by atoms with Crippen molar-refractivity contribution < 1.29 is 28.9 Å². The van der Waals surface area contributed by atoms with E-state index >= 15 is 0 Å². The first-order chi connectivity index (χ1) is 17.5. The third-order valence-corrected chi connectivity index (χ3v) is 7.19. The molecule has 1 aromatic carbocycles. The van der Waals surface area contributed by atoms with E-state index in [0.717, 1.165) is 42.7 Å². The summed E-state index contributed by atoms with van der Waals surface area (Å²) in [4.78, 5) is 18.0. The van der Waals surface area contributed by atoms with Gasteiger partial charge in [0.15, 0.2) is 6.54 Å². The van der Waals surface area contributed by atoms with Crippen LogP contribution in [0.5, 0.6) is 5.75 Å². The smallest absolute Gasteiger partial charge is 0.344 e. The summed E-state index contributed by atoms with van der Waals surface area (Å²) in [6.45, 7) is 10.6. The number of fused-ring (bicyclic) bond motifs is 1. The molecule has 0 aliphatic carbocycles. The summed E-state index contributed by atoms with van der Waals surface area (Å²) < 4.78 is 16.0. The van der Waals surface area contributed by atoms with Crippen molar-refractivity contribution in [1.29, 1.82) is 0 Å². The number of benzene rings is 1. The van der Waals surface area contributed by atoms with Gasteiger partial charge in [-0.15, -0.1) is 4.68 Å². The largest absolute Gasteiger partial charge is 0.486 e. The van der Waals surface area contributed by atoms with Crippen molar-refractivity contribution in [3.63, 3.8) is 0 Å². The first-order valence-electron chi connectivity index (χ1n) is 13.1. The molecule has 1 fully saturated rings. The lowest BCUT2D eigenvalue weighted by atomic mass is 9.89. The molecule has 3 heterocycles. The number of aromatic nitrogens is 2. The standard InChI is InChI=1S/C27H42N5O5/c1-26(2,3)36-25(34)27(4,37-29)24-8-6-20-11-19(5-7-23(20)35-24)21-15-31(14-18-9-10-30-13-18)32(16-21)17-22(33)12-28/h5,7,11,15-16,18,22,24,30,33H,6,8-10,12-14,17,28-29H2,1-4H3/q+1. The molecule has 204 valence electrons. The lowest BCUT2D eigenvalue weighted by Crippen LogP contribution is -2.56. The Kier molecular flexibility index (Phi) is 8.25. The Balaban J connectivity index is 1.55. The Hall–Kier alpha value is -2.50. The summed E-state index contributed by atoms with van der Waals surface area (Å²) in [6, 6.07) is 6.07. The van der Waals surface area contributed by atoms with Crippen LogP contribution in [-0.4, -0.2) is 58.8 Å². The van der Waals surface area contributed by atoms with E-state index in [-0.39, 0.29) is 6.54 Å². The van der Waals surface area contributed by atoms with Crippen LogP contribution in [0.2, 0.25) is 0 Å². The minimum Gasteiger partial charge on any atom is -0.486 e.